The molecule has 0 unspecified atom stereocenters. The topological polar surface area (TPSA) is 40.8 Å². The molecule has 15 heavy (non-hydrogen) atoms. The molecule has 1 N–H and O–H groups in total. The highest BCUT2D eigenvalue weighted by atomic mass is 14.9. The fourth-order valence-electron chi connectivity index (χ4n) is 1.78. The Morgan fingerprint density at radius 2 is 2.27 bits per heavy atom. The van der Waals surface area contributed by atoms with E-state index in [9.17, 15) is 0 Å². The van der Waals surface area contributed by atoms with Crippen molar-refractivity contribution in [3.63, 3.8) is 0 Å². The van der Waals surface area contributed by atoms with Crippen LogP contribution in [0, 0.1) is 11.3 Å². The average molecular weight is 199 g/mol. The van der Waals surface area contributed by atoms with Gasteiger partial charge in [-0.05, 0) is 36.2 Å². The molecule has 1 heterocycles. The standard InChI is InChI=1S/C12H13N3/c1-14-9-10-2-3-12-11(8-10)4-6-15(12)7-5-13/h2-4,6,8,14H,7,9H2,1H3. The maximum absolute atomic E-state index is 8.66. The van der Waals surface area contributed by atoms with Crippen LogP contribution in [0.3, 0.4) is 0 Å². The second-order valence-corrected chi connectivity index (χ2v) is 3.53. The molecule has 0 aliphatic carbocycles. The predicted octanol–water partition coefficient (Wildman–Crippen LogP) is 1.88. The molecule has 1 aromatic heterocycles. The van der Waals surface area contributed by atoms with E-state index in [1.165, 1.54) is 10.9 Å². The molecule has 0 atom stereocenters. The molecule has 3 nitrogen and oxygen atoms in total. The smallest absolute Gasteiger partial charge is 0.110 e. The minimum Gasteiger partial charge on any atom is -0.334 e. The van der Waals surface area contributed by atoms with Crippen molar-refractivity contribution in [2.24, 2.45) is 0 Å². The summed E-state index contributed by atoms with van der Waals surface area (Å²) in [5, 5.41) is 13.0. The number of benzene rings is 1. The number of aromatic nitrogens is 1. The van der Waals surface area contributed by atoms with Gasteiger partial charge in [-0.1, -0.05) is 6.07 Å². The summed E-state index contributed by atoms with van der Waals surface area (Å²) in [5.74, 6) is 0. The maximum atomic E-state index is 8.66. The van der Waals surface area contributed by atoms with Crippen LogP contribution in [0.15, 0.2) is 30.5 Å². The Morgan fingerprint density at radius 1 is 1.40 bits per heavy atom. The zero-order valence-electron chi connectivity index (χ0n) is 8.70. The molecule has 0 radical (unpaired) electrons. The van der Waals surface area contributed by atoms with Gasteiger partial charge in [0.15, 0.2) is 0 Å². The lowest BCUT2D eigenvalue weighted by Crippen LogP contribution is -2.04. The highest BCUT2D eigenvalue weighted by molar-refractivity contribution is 5.80. The summed E-state index contributed by atoms with van der Waals surface area (Å²) in [6, 6.07) is 10.5. The van der Waals surface area contributed by atoms with Crippen molar-refractivity contribution in [1.29, 1.82) is 5.26 Å². The van der Waals surface area contributed by atoms with Crippen LogP contribution in [0.1, 0.15) is 5.56 Å². The van der Waals surface area contributed by atoms with Crippen LogP contribution in [0.5, 0.6) is 0 Å². The highest BCUT2D eigenvalue weighted by Crippen LogP contribution is 2.17. The van der Waals surface area contributed by atoms with E-state index in [0.29, 0.717) is 6.54 Å². The van der Waals surface area contributed by atoms with Crippen LogP contribution in [0.2, 0.25) is 0 Å². The Kier molecular flexibility index (Phi) is 2.70. The molecule has 0 spiro atoms. The van der Waals surface area contributed by atoms with Gasteiger partial charge in [0.2, 0.25) is 0 Å². The van der Waals surface area contributed by atoms with Gasteiger partial charge in [0.1, 0.15) is 6.54 Å². The van der Waals surface area contributed by atoms with Gasteiger partial charge in [0.05, 0.1) is 6.07 Å². The molecule has 0 bridgehead atoms. The highest BCUT2D eigenvalue weighted by Gasteiger charge is 2.00. The molecule has 3 heteroatoms. The third-order valence-electron chi connectivity index (χ3n) is 2.46. The summed E-state index contributed by atoms with van der Waals surface area (Å²) in [6.45, 7) is 1.29. The van der Waals surface area contributed by atoms with Crippen LogP contribution in [-0.4, -0.2) is 11.6 Å². The van der Waals surface area contributed by atoms with Crippen molar-refractivity contribution in [3.05, 3.63) is 36.0 Å². The monoisotopic (exact) mass is 199 g/mol. The summed E-state index contributed by atoms with van der Waals surface area (Å²) in [6.07, 6.45) is 1.96. The first-order valence-electron chi connectivity index (χ1n) is 4.94. The van der Waals surface area contributed by atoms with E-state index >= 15 is 0 Å². The number of hydrogen-bond donors (Lipinski definition) is 1. The lowest BCUT2D eigenvalue weighted by Gasteiger charge is -2.02. The van der Waals surface area contributed by atoms with Gasteiger partial charge in [-0.15, -0.1) is 0 Å². The molecule has 0 aliphatic rings. The summed E-state index contributed by atoms with van der Waals surface area (Å²) in [4.78, 5) is 0. The number of nitriles is 1. The largest absolute Gasteiger partial charge is 0.334 e. The van der Waals surface area contributed by atoms with E-state index < -0.39 is 0 Å². The third-order valence-corrected chi connectivity index (χ3v) is 2.46. The van der Waals surface area contributed by atoms with Crippen molar-refractivity contribution in [2.75, 3.05) is 7.05 Å². The van der Waals surface area contributed by atoms with Gasteiger partial charge < -0.3 is 9.88 Å². The zero-order valence-corrected chi connectivity index (χ0v) is 8.70. The molecule has 76 valence electrons. The van der Waals surface area contributed by atoms with Crippen molar-refractivity contribution in [1.82, 2.24) is 9.88 Å². The number of fused-ring (bicyclic) bond motifs is 1. The van der Waals surface area contributed by atoms with Crippen LogP contribution in [-0.2, 0) is 13.1 Å². The minimum atomic E-state index is 0.412. The van der Waals surface area contributed by atoms with Crippen molar-refractivity contribution >= 4 is 10.9 Å². The number of nitrogens with zero attached hydrogens (tertiary/aromatic N) is 2. The van der Waals surface area contributed by atoms with Crippen LogP contribution in [0.4, 0.5) is 0 Å². The van der Waals surface area contributed by atoms with Gasteiger partial charge in [-0.25, -0.2) is 0 Å². The average Bonchev–Trinajstić information content (AvgIpc) is 2.62. The van der Waals surface area contributed by atoms with Crippen LogP contribution < -0.4 is 5.32 Å². The van der Waals surface area contributed by atoms with Crippen molar-refractivity contribution < 1.29 is 0 Å². The summed E-state index contributed by atoms with van der Waals surface area (Å²) >= 11 is 0. The number of hydrogen-bond acceptors (Lipinski definition) is 2. The third kappa shape index (κ3) is 1.85. The Balaban J connectivity index is 2.43. The minimum absolute atomic E-state index is 0.412. The van der Waals surface area contributed by atoms with E-state index in [0.717, 1.165) is 12.1 Å². The van der Waals surface area contributed by atoms with Crippen LogP contribution in [0.25, 0.3) is 10.9 Å². The van der Waals surface area contributed by atoms with E-state index in [2.05, 4.69) is 29.6 Å². The maximum Gasteiger partial charge on any atom is 0.110 e. The van der Waals surface area contributed by atoms with Gasteiger partial charge in [0, 0.05) is 18.3 Å². The van der Waals surface area contributed by atoms with Gasteiger partial charge >= 0.3 is 0 Å². The molecule has 0 saturated heterocycles. The summed E-state index contributed by atoms with van der Waals surface area (Å²) in [7, 11) is 1.94. The predicted molar refractivity (Wildman–Crippen MR) is 60.3 cm³/mol. The van der Waals surface area contributed by atoms with E-state index in [4.69, 9.17) is 5.26 Å². The Labute approximate surface area is 88.9 Å². The fraction of sp³-hybridized carbons (Fsp3) is 0.250. The number of rotatable bonds is 3. The lowest BCUT2D eigenvalue weighted by atomic mass is 10.1. The quantitative estimate of drug-likeness (QED) is 0.820. The summed E-state index contributed by atoms with van der Waals surface area (Å²) in [5.41, 5.74) is 2.39. The molecular formula is C12H13N3. The molecule has 0 amide bonds. The molecular weight excluding hydrogens is 186 g/mol. The second-order valence-electron chi connectivity index (χ2n) is 3.53. The van der Waals surface area contributed by atoms with E-state index in [1.54, 1.807) is 0 Å². The molecule has 0 aliphatic heterocycles. The zero-order chi connectivity index (χ0) is 10.7. The van der Waals surface area contributed by atoms with Gasteiger partial charge in [-0.2, -0.15) is 5.26 Å². The lowest BCUT2D eigenvalue weighted by molar-refractivity contribution is 0.818. The Hall–Kier alpha value is -1.79. The normalized spacial score (nSPS) is 10.4. The second kappa shape index (κ2) is 4.16. The molecule has 2 rings (SSSR count). The van der Waals surface area contributed by atoms with Crippen LogP contribution >= 0.6 is 0 Å². The Bertz CT molecular complexity index is 505. The molecule has 2 aromatic rings. The van der Waals surface area contributed by atoms with E-state index in [-0.39, 0.29) is 0 Å². The van der Waals surface area contributed by atoms with Crippen molar-refractivity contribution in [3.8, 4) is 6.07 Å². The summed E-state index contributed by atoms with van der Waals surface area (Å²) < 4.78 is 1.96. The first kappa shape index (κ1) is 9.75. The van der Waals surface area contributed by atoms with E-state index in [1.807, 2.05) is 23.9 Å². The molecule has 0 saturated carbocycles. The molecule has 1 aromatic carbocycles. The SMILES string of the molecule is CNCc1ccc2c(ccn2CC#N)c1. The van der Waals surface area contributed by atoms with Crippen molar-refractivity contribution in [2.45, 2.75) is 13.1 Å². The molecule has 0 fully saturated rings. The van der Waals surface area contributed by atoms with Gasteiger partial charge in [0.25, 0.3) is 0 Å². The first-order valence-corrected chi connectivity index (χ1v) is 4.94. The first-order chi connectivity index (χ1) is 7.35. The number of nitrogens with one attached hydrogen (secondary N) is 1. The Morgan fingerprint density at radius 3 is 3.00 bits per heavy atom. The fourth-order valence-corrected chi connectivity index (χ4v) is 1.78. The van der Waals surface area contributed by atoms with Gasteiger partial charge in [-0.3, -0.25) is 0 Å².